The first-order valence-electron chi connectivity index (χ1n) is 11.8. The second-order valence-electron chi connectivity index (χ2n) is 8.84. The summed E-state index contributed by atoms with van der Waals surface area (Å²) < 4.78 is 0. The molecule has 0 radical (unpaired) electrons. The number of nitrogens with zero attached hydrogens (tertiary/aromatic N) is 5. The minimum absolute atomic E-state index is 0.0961. The number of aryl methyl sites for hydroxylation is 2. The van der Waals surface area contributed by atoms with Gasteiger partial charge in [-0.15, -0.1) is 0 Å². The highest BCUT2D eigenvalue weighted by Gasteiger charge is 2.32. The maximum Gasteiger partial charge on any atom is 0.323 e. The molecule has 2 fully saturated rings. The number of thiazole rings is 1. The van der Waals surface area contributed by atoms with Gasteiger partial charge in [-0.25, -0.2) is 9.78 Å². The minimum Gasteiger partial charge on any atom is -0.483 e. The van der Waals surface area contributed by atoms with Crippen LogP contribution in [-0.4, -0.2) is 69.6 Å². The van der Waals surface area contributed by atoms with Crippen molar-refractivity contribution >= 4 is 29.0 Å². The normalized spacial score (nSPS) is 16.9. The van der Waals surface area contributed by atoms with Gasteiger partial charge in [0.25, 0.3) is 6.47 Å². The number of urea groups is 1. The van der Waals surface area contributed by atoms with Crippen molar-refractivity contribution in [2.24, 2.45) is 0 Å². The Balaban J connectivity index is 0.000000967. The van der Waals surface area contributed by atoms with Crippen LogP contribution in [0.3, 0.4) is 0 Å². The molecule has 5 rings (SSSR count). The van der Waals surface area contributed by atoms with Gasteiger partial charge in [0, 0.05) is 42.6 Å². The van der Waals surface area contributed by atoms with Gasteiger partial charge in [-0.3, -0.25) is 20.0 Å². The summed E-state index contributed by atoms with van der Waals surface area (Å²) in [5.74, 6) is 0. The number of fused-ring (bicyclic) bond motifs is 1. The van der Waals surface area contributed by atoms with Gasteiger partial charge in [-0.05, 0) is 63.1 Å². The molecule has 1 aromatic carbocycles. The molecule has 0 saturated carbocycles. The van der Waals surface area contributed by atoms with Crippen molar-refractivity contribution in [2.45, 2.75) is 32.7 Å². The summed E-state index contributed by atoms with van der Waals surface area (Å²) in [7, 11) is 0. The third-order valence-corrected chi connectivity index (χ3v) is 7.34. The summed E-state index contributed by atoms with van der Waals surface area (Å²) in [5.41, 5.74) is 5.05. The third-order valence-electron chi connectivity index (χ3n) is 6.32. The van der Waals surface area contributed by atoms with E-state index < -0.39 is 0 Å². The smallest absolute Gasteiger partial charge is 0.323 e. The predicted molar refractivity (Wildman–Crippen MR) is 139 cm³/mol. The summed E-state index contributed by atoms with van der Waals surface area (Å²) in [6.07, 6.45) is 2.37. The molecule has 2 aromatic heterocycles. The fourth-order valence-corrected chi connectivity index (χ4v) is 5.78. The van der Waals surface area contributed by atoms with Crippen molar-refractivity contribution < 1.29 is 14.7 Å². The number of hydrogen-bond donors (Lipinski definition) is 2. The van der Waals surface area contributed by atoms with E-state index in [1.807, 2.05) is 49.1 Å². The third kappa shape index (κ3) is 5.70. The zero-order chi connectivity index (χ0) is 25.7. The van der Waals surface area contributed by atoms with Gasteiger partial charge in [0.15, 0.2) is 5.13 Å². The molecule has 2 saturated heterocycles. The fourth-order valence-electron chi connectivity index (χ4n) is 4.81. The molecular weight excluding hydrogens is 476 g/mol. The molecule has 2 aliphatic rings. The van der Waals surface area contributed by atoms with Crippen LogP contribution < -0.4 is 5.32 Å². The molecule has 4 heterocycles. The summed E-state index contributed by atoms with van der Waals surface area (Å²) >= 11 is 1.46. The molecule has 0 aliphatic carbocycles. The topological polar surface area (TPSA) is 122 Å². The average Bonchev–Trinajstić information content (AvgIpc) is 3.50. The van der Waals surface area contributed by atoms with Crippen molar-refractivity contribution in [3.05, 3.63) is 53.3 Å². The Morgan fingerprint density at radius 3 is 2.64 bits per heavy atom. The van der Waals surface area contributed by atoms with Crippen molar-refractivity contribution in [3.63, 3.8) is 0 Å². The number of anilines is 1. The van der Waals surface area contributed by atoms with E-state index >= 15 is 0 Å². The van der Waals surface area contributed by atoms with Gasteiger partial charge < -0.3 is 10.0 Å². The lowest BCUT2D eigenvalue weighted by molar-refractivity contribution is -0.122. The van der Waals surface area contributed by atoms with Crippen molar-refractivity contribution in [3.8, 4) is 27.8 Å². The van der Waals surface area contributed by atoms with Crippen LogP contribution in [0.5, 0.6) is 0 Å². The summed E-state index contributed by atoms with van der Waals surface area (Å²) in [4.78, 5) is 36.1. The van der Waals surface area contributed by atoms with Crippen LogP contribution in [0, 0.1) is 25.2 Å². The molecule has 0 unspecified atom stereocenters. The molecule has 0 bridgehead atoms. The number of pyridine rings is 1. The largest absolute Gasteiger partial charge is 0.483 e. The number of nitriles is 1. The van der Waals surface area contributed by atoms with Crippen LogP contribution in [-0.2, 0) is 4.79 Å². The Morgan fingerprint density at radius 1 is 1.17 bits per heavy atom. The molecule has 2 aliphatic heterocycles. The number of nitrogens with one attached hydrogen (secondary N) is 1. The lowest BCUT2D eigenvalue weighted by Gasteiger charge is -2.37. The number of carbonyl (C=O) groups is 2. The van der Waals surface area contributed by atoms with Gasteiger partial charge in [0.1, 0.15) is 0 Å². The van der Waals surface area contributed by atoms with Crippen molar-refractivity contribution in [1.29, 1.82) is 5.26 Å². The molecule has 1 atom stereocenters. The first-order valence-corrected chi connectivity index (χ1v) is 12.6. The molecule has 3 aromatic rings. The molecular formula is C26H28N6O3S. The number of rotatable bonds is 3. The first-order chi connectivity index (χ1) is 17.4. The first kappa shape index (κ1) is 25.3. The van der Waals surface area contributed by atoms with Crippen LogP contribution >= 0.6 is 11.3 Å². The molecule has 2 amide bonds. The van der Waals surface area contributed by atoms with E-state index in [2.05, 4.69) is 21.3 Å². The Labute approximate surface area is 214 Å². The van der Waals surface area contributed by atoms with Crippen LogP contribution in [0.15, 0.2) is 36.4 Å². The highest BCUT2D eigenvalue weighted by molar-refractivity contribution is 7.19. The van der Waals surface area contributed by atoms with E-state index in [1.54, 1.807) is 6.07 Å². The number of hydrogen-bond acceptors (Lipinski definition) is 7. The standard InChI is InChI=1S/C25H26N6OS.CH2O2/c1-16-11-20(12-17(2)27-16)23-22(19-6-3-5-18(13-19)14-26)28-24(33-23)29-25(32)31-10-9-30-8-4-7-21(30)15-31;2-1-3/h3,5-6,11-13,21H,4,7-10,15H2,1-2H3,(H,28,29,32);1H,(H,2,3)/t21-;/m0./s1. The van der Waals surface area contributed by atoms with E-state index in [-0.39, 0.29) is 12.5 Å². The Morgan fingerprint density at radius 2 is 1.92 bits per heavy atom. The van der Waals surface area contributed by atoms with Gasteiger partial charge in [0.05, 0.1) is 22.2 Å². The van der Waals surface area contributed by atoms with Crippen molar-refractivity contribution in [2.75, 3.05) is 31.5 Å². The van der Waals surface area contributed by atoms with Crippen LogP contribution in [0.1, 0.15) is 29.8 Å². The molecule has 10 heteroatoms. The fraction of sp³-hybridized carbons (Fsp3) is 0.346. The highest BCUT2D eigenvalue weighted by Crippen LogP contribution is 2.40. The van der Waals surface area contributed by atoms with Gasteiger partial charge in [-0.1, -0.05) is 23.5 Å². The predicted octanol–water partition coefficient (Wildman–Crippen LogP) is 4.37. The van der Waals surface area contributed by atoms with Gasteiger partial charge in [-0.2, -0.15) is 5.26 Å². The second-order valence-corrected chi connectivity index (χ2v) is 9.84. The van der Waals surface area contributed by atoms with Crippen LogP contribution in [0.4, 0.5) is 9.93 Å². The van der Waals surface area contributed by atoms with E-state index in [0.717, 1.165) is 65.7 Å². The zero-order valence-corrected chi connectivity index (χ0v) is 21.1. The quantitative estimate of drug-likeness (QED) is 0.508. The summed E-state index contributed by atoms with van der Waals surface area (Å²) in [6, 6.07) is 14.1. The lowest BCUT2D eigenvalue weighted by Crippen LogP contribution is -2.53. The number of carboxylic acid groups (broad SMARTS) is 1. The number of piperazine rings is 1. The molecule has 2 N–H and O–H groups in total. The van der Waals surface area contributed by atoms with Crippen LogP contribution in [0.25, 0.3) is 21.7 Å². The molecule has 0 spiro atoms. The van der Waals surface area contributed by atoms with E-state index in [1.165, 1.54) is 17.8 Å². The highest BCUT2D eigenvalue weighted by atomic mass is 32.1. The monoisotopic (exact) mass is 504 g/mol. The maximum atomic E-state index is 13.1. The zero-order valence-electron chi connectivity index (χ0n) is 20.3. The number of amides is 2. The summed E-state index contributed by atoms with van der Waals surface area (Å²) in [6.45, 7) is 7.27. The SMILES string of the molecule is Cc1cc(-c2sc(NC(=O)N3CCN4CCC[C@H]4C3)nc2-c2cccc(C#N)c2)cc(C)n1.O=CO. The Bertz CT molecular complexity index is 1280. The van der Waals surface area contributed by atoms with E-state index in [0.29, 0.717) is 16.7 Å². The van der Waals surface area contributed by atoms with Gasteiger partial charge >= 0.3 is 6.03 Å². The lowest BCUT2D eigenvalue weighted by atomic mass is 10.0. The number of carbonyl (C=O) groups excluding carboxylic acids is 1. The molecule has 36 heavy (non-hydrogen) atoms. The van der Waals surface area contributed by atoms with E-state index in [4.69, 9.17) is 14.9 Å². The Kier molecular flexibility index (Phi) is 7.93. The summed E-state index contributed by atoms with van der Waals surface area (Å²) in [5, 5.41) is 19.9. The average molecular weight is 505 g/mol. The van der Waals surface area contributed by atoms with Gasteiger partial charge in [0.2, 0.25) is 0 Å². The second kappa shape index (κ2) is 11.3. The molecule has 9 nitrogen and oxygen atoms in total. The Hall–Kier alpha value is -3.81. The van der Waals surface area contributed by atoms with E-state index in [9.17, 15) is 10.1 Å². The minimum atomic E-state index is -0.250. The molecule has 186 valence electrons. The van der Waals surface area contributed by atoms with Crippen LogP contribution in [0.2, 0.25) is 0 Å². The number of benzene rings is 1. The van der Waals surface area contributed by atoms with Crippen molar-refractivity contribution in [1.82, 2.24) is 19.8 Å². The number of aromatic nitrogens is 2. The maximum absolute atomic E-state index is 13.1.